The van der Waals surface area contributed by atoms with Gasteiger partial charge in [0.15, 0.2) is 5.15 Å². The quantitative estimate of drug-likeness (QED) is 0.768. The molecule has 0 saturated heterocycles. The third-order valence-corrected chi connectivity index (χ3v) is 2.03. The fourth-order valence-corrected chi connectivity index (χ4v) is 1.33. The van der Waals surface area contributed by atoms with Crippen molar-refractivity contribution < 1.29 is 9.53 Å². The zero-order chi connectivity index (χ0) is 12.3. The van der Waals surface area contributed by atoms with Gasteiger partial charge in [0.2, 0.25) is 0 Å². The first-order valence-electron chi connectivity index (χ1n) is 4.91. The lowest BCUT2D eigenvalue weighted by Gasteiger charge is -2.20. The van der Waals surface area contributed by atoms with Crippen LogP contribution < -0.4 is 5.32 Å². The average molecular weight is 243 g/mol. The van der Waals surface area contributed by atoms with Crippen molar-refractivity contribution in [2.24, 2.45) is 0 Å². The zero-order valence-corrected chi connectivity index (χ0v) is 10.6. The van der Waals surface area contributed by atoms with E-state index < -0.39 is 11.7 Å². The second-order valence-electron chi connectivity index (χ2n) is 4.42. The standard InChI is InChI=1S/C11H15ClN2O2/c1-7-5-6-13-9(12)8(7)14-10(15)16-11(2,3)4/h5-6H,1-4H3,(H,14,15). The first-order chi connectivity index (χ1) is 7.29. The molecule has 1 aromatic rings. The molecule has 0 spiro atoms. The van der Waals surface area contributed by atoms with Crippen molar-refractivity contribution in [1.82, 2.24) is 4.98 Å². The van der Waals surface area contributed by atoms with Crippen molar-refractivity contribution in [3.63, 3.8) is 0 Å². The highest BCUT2D eigenvalue weighted by Crippen LogP contribution is 2.23. The summed E-state index contributed by atoms with van der Waals surface area (Å²) in [6.07, 6.45) is 1.04. The van der Waals surface area contributed by atoms with Crippen LogP contribution in [0, 0.1) is 6.92 Å². The Labute approximate surface area is 100.0 Å². The molecule has 88 valence electrons. The molecule has 0 aromatic carbocycles. The van der Waals surface area contributed by atoms with Crippen molar-refractivity contribution in [3.8, 4) is 0 Å². The van der Waals surface area contributed by atoms with Gasteiger partial charge in [0.1, 0.15) is 5.60 Å². The fraction of sp³-hybridized carbons (Fsp3) is 0.455. The van der Waals surface area contributed by atoms with E-state index in [1.54, 1.807) is 33.0 Å². The first-order valence-corrected chi connectivity index (χ1v) is 5.28. The molecule has 1 amide bonds. The Kier molecular flexibility index (Phi) is 3.75. The van der Waals surface area contributed by atoms with E-state index in [2.05, 4.69) is 10.3 Å². The number of amides is 1. The van der Waals surface area contributed by atoms with Crippen LogP contribution in [0.2, 0.25) is 5.15 Å². The molecule has 0 radical (unpaired) electrons. The van der Waals surface area contributed by atoms with Crippen LogP contribution in [0.1, 0.15) is 26.3 Å². The number of hydrogen-bond acceptors (Lipinski definition) is 3. The summed E-state index contributed by atoms with van der Waals surface area (Å²) in [4.78, 5) is 15.4. The maximum Gasteiger partial charge on any atom is 0.412 e. The molecule has 0 aliphatic rings. The van der Waals surface area contributed by atoms with Crippen molar-refractivity contribution in [2.45, 2.75) is 33.3 Å². The van der Waals surface area contributed by atoms with E-state index in [-0.39, 0.29) is 5.15 Å². The smallest absolute Gasteiger partial charge is 0.412 e. The normalized spacial score (nSPS) is 11.1. The highest BCUT2D eigenvalue weighted by atomic mass is 35.5. The Morgan fingerprint density at radius 3 is 2.62 bits per heavy atom. The van der Waals surface area contributed by atoms with Crippen LogP contribution in [0.4, 0.5) is 10.5 Å². The molecule has 0 bridgehead atoms. The Morgan fingerprint density at radius 1 is 1.50 bits per heavy atom. The number of nitrogens with zero attached hydrogens (tertiary/aromatic N) is 1. The minimum Gasteiger partial charge on any atom is -0.444 e. The summed E-state index contributed by atoms with van der Waals surface area (Å²) >= 11 is 5.86. The number of hydrogen-bond donors (Lipinski definition) is 1. The fourth-order valence-electron chi connectivity index (χ4n) is 1.08. The molecular formula is C11H15ClN2O2. The van der Waals surface area contributed by atoms with Gasteiger partial charge in [-0.1, -0.05) is 11.6 Å². The predicted octanol–water partition coefficient (Wildman–Crippen LogP) is 3.39. The van der Waals surface area contributed by atoms with Gasteiger partial charge in [0.05, 0.1) is 5.69 Å². The molecule has 4 nitrogen and oxygen atoms in total. The molecule has 0 saturated carbocycles. The zero-order valence-electron chi connectivity index (χ0n) is 9.80. The summed E-state index contributed by atoms with van der Waals surface area (Å²) in [6.45, 7) is 7.22. The van der Waals surface area contributed by atoms with E-state index in [0.717, 1.165) is 5.56 Å². The Hall–Kier alpha value is -1.29. The van der Waals surface area contributed by atoms with Gasteiger partial charge < -0.3 is 4.74 Å². The van der Waals surface area contributed by atoms with Gasteiger partial charge in [0, 0.05) is 6.20 Å². The number of aryl methyl sites for hydroxylation is 1. The van der Waals surface area contributed by atoms with Gasteiger partial charge >= 0.3 is 6.09 Å². The molecular weight excluding hydrogens is 228 g/mol. The van der Waals surface area contributed by atoms with Gasteiger partial charge in [0.25, 0.3) is 0 Å². The van der Waals surface area contributed by atoms with E-state index in [1.165, 1.54) is 0 Å². The van der Waals surface area contributed by atoms with Gasteiger partial charge in [-0.15, -0.1) is 0 Å². The number of carbonyl (C=O) groups is 1. The number of halogens is 1. The van der Waals surface area contributed by atoms with E-state index >= 15 is 0 Å². The van der Waals surface area contributed by atoms with Crippen molar-refractivity contribution >= 4 is 23.4 Å². The van der Waals surface area contributed by atoms with E-state index in [4.69, 9.17) is 16.3 Å². The topological polar surface area (TPSA) is 51.2 Å². The Morgan fingerprint density at radius 2 is 2.12 bits per heavy atom. The lowest BCUT2D eigenvalue weighted by atomic mass is 10.2. The number of ether oxygens (including phenoxy) is 1. The maximum absolute atomic E-state index is 11.5. The number of nitrogens with one attached hydrogen (secondary N) is 1. The summed E-state index contributed by atoms with van der Waals surface area (Å²) < 4.78 is 5.12. The van der Waals surface area contributed by atoms with Crippen LogP contribution >= 0.6 is 11.6 Å². The largest absolute Gasteiger partial charge is 0.444 e. The molecule has 1 N–H and O–H groups in total. The van der Waals surface area contributed by atoms with E-state index in [9.17, 15) is 4.79 Å². The number of pyridine rings is 1. The number of anilines is 1. The van der Waals surface area contributed by atoms with Crippen molar-refractivity contribution in [1.29, 1.82) is 0 Å². The van der Waals surface area contributed by atoms with E-state index in [1.807, 2.05) is 6.92 Å². The monoisotopic (exact) mass is 242 g/mol. The van der Waals surface area contributed by atoms with Gasteiger partial charge in [-0.2, -0.15) is 0 Å². The molecule has 1 aromatic heterocycles. The summed E-state index contributed by atoms with van der Waals surface area (Å²) in [6, 6.07) is 1.76. The lowest BCUT2D eigenvalue weighted by molar-refractivity contribution is 0.0636. The van der Waals surface area contributed by atoms with Crippen LogP contribution in [0.15, 0.2) is 12.3 Å². The third-order valence-electron chi connectivity index (χ3n) is 1.74. The summed E-state index contributed by atoms with van der Waals surface area (Å²) in [5, 5.41) is 2.83. The first kappa shape index (κ1) is 12.8. The average Bonchev–Trinajstić information content (AvgIpc) is 2.08. The number of rotatable bonds is 1. The molecule has 0 unspecified atom stereocenters. The molecule has 0 aliphatic heterocycles. The highest BCUT2D eigenvalue weighted by molar-refractivity contribution is 6.32. The van der Waals surface area contributed by atoms with Crippen LogP contribution in [0.25, 0.3) is 0 Å². The second kappa shape index (κ2) is 4.70. The summed E-state index contributed by atoms with van der Waals surface area (Å²) in [7, 11) is 0. The molecule has 0 fully saturated rings. The van der Waals surface area contributed by atoms with Crippen LogP contribution in [0.5, 0.6) is 0 Å². The van der Waals surface area contributed by atoms with Crippen LogP contribution in [0.3, 0.4) is 0 Å². The van der Waals surface area contributed by atoms with Gasteiger partial charge in [-0.25, -0.2) is 9.78 Å². The van der Waals surface area contributed by atoms with Crippen molar-refractivity contribution in [3.05, 3.63) is 23.0 Å². The highest BCUT2D eigenvalue weighted by Gasteiger charge is 2.17. The van der Waals surface area contributed by atoms with Gasteiger partial charge in [-0.05, 0) is 39.3 Å². The lowest BCUT2D eigenvalue weighted by Crippen LogP contribution is -2.27. The molecule has 1 rings (SSSR count). The molecule has 16 heavy (non-hydrogen) atoms. The Balaban J connectivity index is 2.78. The predicted molar refractivity (Wildman–Crippen MR) is 63.8 cm³/mol. The number of aromatic nitrogens is 1. The minimum absolute atomic E-state index is 0.255. The molecule has 0 atom stereocenters. The van der Waals surface area contributed by atoms with E-state index in [0.29, 0.717) is 5.69 Å². The van der Waals surface area contributed by atoms with Gasteiger partial charge in [-0.3, -0.25) is 5.32 Å². The SMILES string of the molecule is Cc1ccnc(Cl)c1NC(=O)OC(C)(C)C. The molecule has 0 aliphatic carbocycles. The Bertz CT molecular complexity index is 379. The third kappa shape index (κ3) is 3.70. The number of carbonyl (C=O) groups excluding carboxylic acids is 1. The minimum atomic E-state index is -0.537. The summed E-state index contributed by atoms with van der Waals surface area (Å²) in [5.41, 5.74) is 0.788. The maximum atomic E-state index is 11.5. The molecule has 5 heteroatoms. The summed E-state index contributed by atoms with van der Waals surface area (Å²) in [5.74, 6) is 0. The van der Waals surface area contributed by atoms with Crippen LogP contribution in [-0.4, -0.2) is 16.7 Å². The molecule has 1 heterocycles. The van der Waals surface area contributed by atoms with Crippen molar-refractivity contribution in [2.75, 3.05) is 5.32 Å². The van der Waals surface area contributed by atoms with Crippen LogP contribution in [-0.2, 0) is 4.74 Å². The second-order valence-corrected chi connectivity index (χ2v) is 4.78.